The van der Waals surface area contributed by atoms with Gasteiger partial charge in [0.25, 0.3) is 0 Å². The van der Waals surface area contributed by atoms with Gasteiger partial charge in [-0.05, 0) is 13.8 Å². The number of aliphatic hydroxyl groups is 4. The van der Waals surface area contributed by atoms with Crippen LogP contribution in [0.15, 0.2) is 33.5 Å². The average Bonchev–Trinajstić information content (AvgIpc) is 2.69. The molecule has 10 nitrogen and oxygen atoms in total. The number of fused-ring (bicyclic) bond motifs is 1. The van der Waals surface area contributed by atoms with Crippen molar-refractivity contribution < 1.29 is 44.5 Å². The number of hydrogen-bond acceptors (Lipinski definition) is 10. The lowest BCUT2D eigenvalue weighted by Gasteiger charge is -2.41. The molecule has 0 aliphatic carbocycles. The van der Waals surface area contributed by atoms with Crippen LogP contribution in [-0.4, -0.2) is 74.1 Å². The topological polar surface area (TPSA) is 170 Å². The average molecular weight is 438 g/mol. The third-order valence-corrected chi connectivity index (χ3v) is 5.28. The molecule has 6 N–H and O–H groups in total. The summed E-state index contributed by atoms with van der Waals surface area (Å²) < 4.78 is 16.5. The van der Waals surface area contributed by atoms with Crippen molar-refractivity contribution in [1.82, 2.24) is 0 Å². The maximum Gasteiger partial charge on any atom is 0.196 e. The van der Waals surface area contributed by atoms with Gasteiger partial charge in [-0.2, -0.15) is 0 Å². The van der Waals surface area contributed by atoms with Crippen molar-refractivity contribution in [2.75, 3.05) is 6.61 Å². The minimum atomic E-state index is -1.63. The van der Waals surface area contributed by atoms with Crippen molar-refractivity contribution in [3.63, 3.8) is 0 Å². The van der Waals surface area contributed by atoms with Gasteiger partial charge in [0.1, 0.15) is 52.6 Å². The predicted molar refractivity (Wildman–Crippen MR) is 108 cm³/mol. The standard InChI is InChI=1S/C21H26O10/c1-8(2)13(30-21-20(28)19(27)18(26)15(7-22)31-21)5-10-11(23)6-14-16(17(10)25)12(24)4-9(3)29-14/h4,6,13,15,18-23,25-28H,1,5,7H2,2-3H3. The molecule has 10 heteroatoms. The summed E-state index contributed by atoms with van der Waals surface area (Å²) in [5.41, 5.74) is -0.0576. The molecule has 1 saturated heterocycles. The van der Waals surface area contributed by atoms with E-state index in [1.807, 2.05) is 0 Å². The van der Waals surface area contributed by atoms with Crippen molar-refractivity contribution in [2.45, 2.75) is 57.1 Å². The fourth-order valence-electron chi connectivity index (χ4n) is 3.52. The van der Waals surface area contributed by atoms with Gasteiger partial charge < -0.3 is 44.5 Å². The number of phenolic OH excluding ortho intramolecular Hbond substituents is 2. The van der Waals surface area contributed by atoms with E-state index in [0.29, 0.717) is 11.3 Å². The van der Waals surface area contributed by atoms with Gasteiger partial charge >= 0.3 is 0 Å². The van der Waals surface area contributed by atoms with Crippen molar-refractivity contribution in [3.8, 4) is 11.5 Å². The van der Waals surface area contributed by atoms with E-state index in [1.54, 1.807) is 13.8 Å². The quantitative estimate of drug-likeness (QED) is 0.332. The first-order valence-electron chi connectivity index (χ1n) is 9.64. The van der Waals surface area contributed by atoms with E-state index >= 15 is 0 Å². The Balaban J connectivity index is 1.93. The van der Waals surface area contributed by atoms with Crippen LogP contribution in [-0.2, 0) is 15.9 Å². The Morgan fingerprint density at radius 3 is 2.48 bits per heavy atom. The Morgan fingerprint density at radius 1 is 1.19 bits per heavy atom. The molecule has 1 fully saturated rings. The van der Waals surface area contributed by atoms with Crippen molar-refractivity contribution in [1.29, 1.82) is 0 Å². The molecule has 170 valence electrons. The molecule has 31 heavy (non-hydrogen) atoms. The molecule has 0 bridgehead atoms. The van der Waals surface area contributed by atoms with Crippen LogP contribution in [0.4, 0.5) is 0 Å². The van der Waals surface area contributed by atoms with E-state index in [-0.39, 0.29) is 28.7 Å². The lowest BCUT2D eigenvalue weighted by molar-refractivity contribution is -0.308. The summed E-state index contributed by atoms with van der Waals surface area (Å²) >= 11 is 0. The summed E-state index contributed by atoms with van der Waals surface area (Å²) in [4.78, 5) is 12.3. The molecule has 3 rings (SSSR count). The summed E-state index contributed by atoms with van der Waals surface area (Å²) in [6, 6.07) is 2.42. The molecule has 6 atom stereocenters. The van der Waals surface area contributed by atoms with E-state index < -0.39 is 54.6 Å². The molecule has 2 heterocycles. The number of hydrogen-bond donors (Lipinski definition) is 6. The van der Waals surface area contributed by atoms with E-state index in [4.69, 9.17) is 13.9 Å². The SMILES string of the molecule is C=C(C)C(Cc1c(O)cc2oc(C)cc(=O)c2c1O)OC1OC(CO)C(O)C(O)C1O. The van der Waals surface area contributed by atoms with Crippen LogP contribution in [0.2, 0.25) is 0 Å². The third kappa shape index (κ3) is 4.45. The van der Waals surface area contributed by atoms with Gasteiger partial charge in [0.15, 0.2) is 11.7 Å². The molecule has 0 radical (unpaired) electrons. The summed E-state index contributed by atoms with van der Waals surface area (Å²) in [5.74, 6) is -0.510. The van der Waals surface area contributed by atoms with E-state index in [2.05, 4.69) is 6.58 Å². The smallest absolute Gasteiger partial charge is 0.196 e. The number of benzene rings is 1. The first-order chi connectivity index (χ1) is 14.5. The van der Waals surface area contributed by atoms with Crippen LogP contribution in [0.25, 0.3) is 11.0 Å². The van der Waals surface area contributed by atoms with Gasteiger partial charge in [0, 0.05) is 24.1 Å². The van der Waals surface area contributed by atoms with Crippen LogP contribution in [0, 0.1) is 6.92 Å². The monoisotopic (exact) mass is 438 g/mol. The van der Waals surface area contributed by atoms with E-state index in [9.17, 15) is 35.4 Å². The lowest BCUT2D eigenvalue weighted by Crippen LogP contribution is -2.59. The summed E-state index contributed by atoms with van der Waals surface area (Å²) in [6.45, 7) is 6.34. The van der Waals surface area contributed by atoms with E-state index in [1.165, 1.54) is 12.1 Å². The fourth-order valence-corrected chi connectivity index (χ4v) is 3.52. The number of rotatable bonds is 6. The molecular weight excluding hydrogens is 412 g/mol. The van der Waals surface area contributed by atoms with Crippen LogP contribution in [0.3, 0.4) is 0 Å². The van der Waals surface area contributed by atoms with Gasteiger partial charge in [0.2, 0.25) is 0 Å². The Labute approximate surface area is 177 Å². The highest BCUT2D eigenvalue weighted by Gasteiger charge is 2.45. The molecule has 1 aromatic heterocycles. The maximum absolute atomic E-state index is 12.3. The third-order valence-electron chi connectivity index (χ3n) is 5.28. The molecule has 0 amide bonds. The van der Waals surface area contributed by atoms with Crippen molar-refractivity contribution >= 4 is 11.0 Å². The Hall–Kier alpha value is -2.47. The van der Waals surface area contributed by atoms with Crippen LogP contribution in [0.1, 0.15) is 18.2 Å². The number of aliphatic hydroxyl groups excluding tert-OH is 4. The minimum Gasteiger partial charge on any atom is -0.507 e. The van der Waals surface area contributed by atoms with Gasteiger partial charge in [-0.15, -0.1) is 0 Å². The second-order valence-electron chi connectivity index (χ2n) is 7.69. The van der Waals surface area contributed by atoms with Gasteiger partial charge in [-0.3, -0.25) is 4.79 Å². The zero-order chi connectivity index (χ0) is 23.0. The summed E-state index contributed by atoms with van der Waals surface area (Å²) in [6.07, 6.45) is -8.50. The molecule has 0 spiro atoms. The van der Waals surface area contributed by atoms with Crippen LogP contribution in [0.5, 0.6) is 11.5 Å². The second-order valence-corrected chi connectivity index (χ2v) is 7.69. The lowest BCUT2D eigenvalue weighted by atomic mass is 9.97. The highest BCUT2D eigenvalue weighted by Crippen LogP contribution is 2.36. The Bertz CT molecular complexity index is 1030. The van der Waals surface area contributed by atoms with Crippen LogP contribution < -0.4 is 5.43 Å². The summed E-state index contributed by atoms with van der Waals surface area (Å²) in [7, 11) is 0. The Morgan fingerprint density at radius 2 is 1.87 bits per heavy atom. The molecule has 1 aromatic carbocycles. The first-order valence-corrected chi connectivity index (χ1v) is 9.64. The highest BCUT2D eigenvalue weighted by molar-refractivity contribution is 5.86. The number of ether oxygens (including phenoxy) is 2. The first kappa shape index (κ1) is 23.2. The largest absolute Gasteiger partial charge is 0.507 e. The zero-order valence-electron chi connectivity index (χ0n) is 17.1. The number of aromatic hydroxyl groups is 2. The normalized spacial score (nSPS) is 27.4. The second kappa shape index (κ2) is 8.95. The van der Waals surface area contributed by atoms with Crippen molar-refractivity contribution in [3.05, 3.63) is 45.8 Å². The summed E-state index contributed by atoms with van der Waals surface area (Å²) in [5, 5.41) is 60.4. The Kier molecular flexibility index (Phi) is 6.70. The molecular formula is C21H26O10. The molecule has 1 aliphatic heterocycles. The molecule has 6 unspecified atom stereocenters. The molecule has 1 aliphatic rings. The van der Waals surface area contributed by atoms with Gasteiger partial charge in [-0.1, -0.05) is 12.2 Å². The number of phenols is 2. The minimum absolute atomic E-state index is 0.0127. The van der Waals surface area contributed by atoms with E-state index in [0.717, 1.165) is 0 Å². The molecule has 2 aromatic rings. The maximum atomic E-state index is 12.3. The van der Waals surface area contributed by atoms with Crippen molar-refractivity contribution in [2.24, 2.45) is 0 Å². The number of aryl methyl sites for hydroxylation is 1. The van der Waals surface area contributed by atoms with Gasteiger partial charge in [-0.25, -0.2) is 0 Å². The van der Waals surface area contributed by atoms with Crippen LogP contribution >= 0.6 is 0 Å². The highest BCUT2D eigenvalue weighted by atomic mass is 16.7. The van der Waals surface area contributed by atoms with Gasteiger partial charge in [0.05, 0.1) is 12.7 Å². The predicted octanol–water partition coefficient (Wildman–Crippen LogP) is -0.184. The fraction of sp³-hybridized carbons (Fsp3) is 0.476. The zero-order valence-corrected chi connectivity index (χ0v) is 17.1. The molecule has 0 saturated carbocycles.